The van der Waals surface area contributed by atoms with Gasteiger partial charge in [-0.15, -0.1) is 0 Å². The van der Waals surface area contributed by atoms with Gasteiger partial charge in [-0.05, 0) is 6.07 Å². The molecular weight excluding hydrogens is 232 g/mol. The summed E-state index contributed by atoms with van der Waals surface area (Å²) in [6.07, 6.45) is 0. The van der Waals surface area contributed by atoms with Gasteiger partial charge in [-0.1, -0.05) is 12.1 Å². The molecule has 0 spiro atoms. The van der Waals surface area contributed by atoms with E-state index in [0.29, 0.717) is 0 Å². The van der Waals surface area contributed by atoms with E-state index in [-0.39, 0.29) is 0 Å². The first-order chi connectivity index (χ1) is 6.23. The summed E-state index contributed by atoms with van der Waals surface area (Å²) < 4.78 is 59.8. The lowest BCUT2D eigenvalue weighted by Crippen LogP contribution is -2.08. The smallest absolute Gasteiger partial charge is 0.282 e. The molecule has 0 aromatic heterocycles. The monoisotopic (exact) mass is 237 g/mol. The number of hydrogen-bond acceptors (Lipinski definition) is 4. The van der Waals surface area contributed by atoms with Gasteiger partial charge in [0, 0.05) is 6.07 Å². The van der Waals surface area contributed by atoms with Gasteiger partial charge in [0.1, 0.15) is 9.79 Å². The van der Waals surface area contributed by atoms with Crippen molar-refractivity contribution < 1.29 is 25.9 Å². The van der Waals surface area contributed by atoms with Gasteiger partial charge in [-0.2, -0.15) is 16.8 Å². The summed E-state index contributed by atoms with van der Waals surface area (Å²) in [6, 6.07) is 5.11. The highest BCUT2D eigenvalue weighted by Crippen LogP contribution is 2.18. The van der Waals surface area contributed by atoms with Crippen LogP contribution in [0.2, 0.25) is 0 Å². The highest BCUT2D eigenvalue weighted by Gasteiger charge is 2.22. The van der Waals surface area contributed by atoms with E-state index in [0.717, 1.165) is 18.2 Å². The standard InChI is InChI=1S/C6H5O6S2/c7-13(8,9)5-3-1-2-4-6(5)14(10,11)12/h1-3H,(H,7,8,9)(H,10,11,12). The molecule has 1 aromatic carbocycles. The molecule has 14 heavy (non-hydrogen) atoms. The zero-order valence-corrected chi connectivity index (χ0v) is 8.21. The highest BCUT2D eigenvalue weighted by molar-refractivity contribution is 7.89. The summed E-state index contributed by atoms with van der Waals surface area (Å²) in [5.41, 5.74) is 0. The Balaban J connectivity index is 3.64. The van der Waals surface area contributed by atoms with Crippen molar-refractivity contribution in [1.82, 2.24) is 0 Å². The van der Waals surface area contributed by atoms with Crippen LogP contribution in [0.1, 0.15) is 0 Å². The van der Waals surface area contributed by atoms with E-state index in [9.17, 15) is 16.8 Å². The summed E-state index contributed by atoms with van der Waals surface area (Å²) in [5.74, 6) is 0. The average molecular weight is 237 g/mol. The minimum atomic E-state index is -4.71. The maximum absolute atomic E-state index is 10.7. The molecule has 6 nitrogen and oxygen atoms in total. The molecule has 0 aliphatic rings. The van der Waals surface area contributed by atoms with Crippen LogP contribution in [0.15, 0.2) is 28.0 Å². The van der Waals surface area contributed by atoms with Crippen molar-refractivity contribution in [3.63, 3.8) is 0 Å². The maximum Gasteiger partial charge on any atom is 0.296 e. The Bertz CT molecular complexity index is 490. The first-order valence-corrected chi connectivity index (χ1v) is 6.06. The molecule has 0 saturated heterocycles. The van der Waals surface area contributed by atoms with Gasteiger partial charge in [0.05, 0.1) is 0 Å². The number of rotatable bonds is 2. The largest absolute Gasteiger partial charge is 0.296 e. The molecule has 8 heteroatoms. The van der Waals surface area contributed by atoms with Crippen LogP contribution in [0.5, 0.6) is 0 Å². The van der Waals surface area contributed by atoms with Gasteiger partial charge in [0.15, 0.2) is 0 Å². The predicted octanol–water partition coefficient (Wildman–Crippen LogP) is -0.0198. The zero-order chi connectivity index (χ0) is 11.0. The van der Waals surface area contributed by atoms with Crippen molar-refractivity contribution >= 4 is 20.2 Å². The molecule has 1 aromatic rings. The van der Waals surface area contributed by atoms with E-state index in [2.05, 4.69) is 0 Å². The van der Waals surface area contributed by atoms with Gasteiger partial charge >= 0.3 is 0 Å². The molecule has 0 amide bonds. The van der Waals surface area contributed by atoms with Crippen LogP contribution in [0, 0.1) is 6.07 Å². The van der Waals surface area contributed by atoms with Crippen LogP contribution in [0.4, 0.5) is 0 Å². The molecule has 0 saturated carbocycles. The number of benzene rings is 1. The Kier molecular flexibility index (Phi) is 2.63. The lowest BCUT2D eigenvalue weighted by molar-refractivity contribution is 0.466. The maximum atomic E-state index is 10.7. The van der Waals surface area contributed by atoms with Gasteiger partial charge in [-0.25, -0.2) is 0 Å². The molecule has 0 aliphatic heterocycles. The minimum absolute atomic E-state index is 0.842. The molecule has 0 aliphatic carbocycles. The lowest BCUT2D eigenvalue weighted by Gasteiger charge is -2.01. The Morgan fingerprint density at radius 2 is 1.64 bits per heavy atom. The van der Waals surface area contributed by atoms with Crippen LogP contribution in [0.3, 0.4) is 0 Å². The fourth-order valence-corrected chi connectivity index (χ4v) is 2.53. The average Bonchev–Trinajstić information content (AvgIpc) is 2.01. The van der Waals surface area contributed by atoms with E-state index in [4.69, 9.17) is 9.11 Å². The van der Waals surface area contributed by atoms with Crippen LogP contribution in [-0.4, -0.2) is 25.9 Å². The summed E-state index contributed by atoms with van der Waals surface area (Å²) >= 11 is 0. The topological polar surface area (TPSA) is 109 Å². The normalized spacial score (nSPS) is 12.7. The number of hydrogen-bond donors (Lipinski definition) is 2. The van der Waals surface area contributed by atoms with E-state index in [1.165, 1.54) is 0 Å². The molecule has 0 atom stereocenters. The molecule has 0 heterocycles. The van der Waals surface area contributed by atoms with Crippen molar-refractivity contribution in [2.24, 2.45) is 0 Å². The third-order valence-electron chi connectivity index (χ3n) is 1.32. The SMILES string of the molecule is O=S(=O)(O)c1[c]cccc1S(=O)(=O)O. The second-order valence-corrected chi connectivity index (χ2v) is 5.06. The van der Waals surface area contributed by atoms with E-state index < -0.39 is 30.0 Å². The first-order valence-electron chi connectivity index (χ1n) is 3.18. The zero-order valence-electron chi connectivity index (χ0n) is 6.58. The van der Waals surface area contributed by atoms with Gasteiger partial charge in [0.25, 0.3) is 20.2 Å². The molecular formula is C6H5O6S2. The molecule has 0 fully saturated rings. The minimum Gasteiger partial charge on any atom is -0.282 e. The second-order valence-electron chi connectivity index (χ2n) is 2.31. The van der Waals surface area contributed by atoms with Crippen molar-refractivity contribution in [2.75, 3.05) is 0 Å². The second kappa shape index (κ2) is 3.31. The molecule has 1 rings (SSSR count). The first kappa shape index (κ1) is 11.1. The van der Waals surface area contributed by atoms with Crippen LogP contribution in [-0.2, 0) is 20.2 Å². The predicted molar refractivity (Wildman–Crippen MR) is 44.9 cm³/mol. The Morgan fingerprint density at radius 3 is 2.00 bits per heavy atom. The Morgan fingerprint density at radius 1 is 1.07 bits per heavy atom. The van der Waals surface area contributed by atoms with Crippen LogP contribution < -0.4 is 0 Å². The van der Waals surface area contributed by atoms with Crippen molar-refractivity contribution in [2.45, 2.75) is 9.79 Å². The van der Waals surface area contributed by atoms with Crippen LogP contribution >= 0.6 is 0 Å². The summed E-state index contributed by atoms with van der Waals surface area (Å²) in [5, 5.41) is 0. The van der Waals surface area contributed by atoms with Crippen molar-refractivity contribution in [3.8, 4) is 0 Å². The Hall–Kier alpha value is -0.960. The van der Waals surface area contributed by atoms with Crippen molar-refractivity contribution in [3.05, 3.63) is 24.3 Å². The third-order valence-corrected chi connectivity index (χ3v) is 3.20. The van der Waals surface area contributed by atoms with Gasteiger partial charge in [0.2, 0.25) is 0 Å². The fourth-order valence-electron chi connectivity index (χ4n) is 0.811. The van der Waals surface area contributed by atoms with E-state index in [1.807, 2.05) is 6.07 Å². The molecule has 0 unspecified atom stereocenters. The van der Waals surface area contributed by atoms with Crippen molar-refractivity contribution in [1.29, 1.82) is 0 Å². The summed E-state index contributed by atoms with van der Waals surface area (Å²) in [7, 11) is -9.40. The van der Waals surface area contributed by atoms with Crippen LogP contribution in [0.25, 0.3) is 0 Å². The van der Waals surface area contributed by atoms with Gasteiger partial charge in [-0.3, -0.25) is 9.11 Å². The summed E-state index contributed by atoms with van der Waals surface area (Å²) in [6.45, 7) is 0. The molecule has 0 bridgehead atoms. The lowest BCUT2D eigenvalue weighted by atomic mass is 10.4. The highest BCUT2D eigenvalue weighted by atomic mass is 32.2. The van der Waals surface area contributed by atoms with E-state index in [1.54, 1.807) is 0 Å². The van der Waals surface area contributed by atoms with E-state index >= 15 is 0 Å². The molecule has 2 N–H and O–H groups in total. The Labute approximate surface area is 80.7 Å². The fraction of sp³-hybridized carbons (Fsp3) is 0. The molecule has 77 valence electrons. The molecule has 1 radical (unpaired) electrons. The van der Waals surface area contributed by atoms with Gasteiger partial charge < -0.3 is 0 Å². The summed E-state index contributed by atoms with van der Waals surface area (Å²) in [4.78, 5) is -1.87. The third kappa shape index (κ3) is 2.29. The quantitative estimate of drug-likeness (QED) is 0.700.